The highest BCUT2D eigenvalue weighted by Gasteiger charge is 2.54. The Labute approximate surface area is 148 Å². The van der Waals surface area contributed by atoms with Crippen molar-refractivity contribution >= 4 is 5.91 Å². The van der Waals surface area contributed by atoms with Crippen molar-refractivity contribution in [1.29, 1.82) is 0 Å². The van der Waals surface area contributed by atoms with Gasteiger partial charge in [0.15, 0.2) is 0 Å². The van der Waals surface area contributed by atoms with Crippen molar-refractivity contribution in [3.05, 3.63) is 29.8 Å². The number of β-amino-alcohol motifs (C(OH)–C–C–N with tert-alkyl or cyclic N) is 1. The maximum Gasteiger partial charge on any atom is 0.233 e. The highest BCUT2D eigenvalue weighted by atomic mass is 16.5. The third kappa shape index (κ3) is 3.03. The van der Waals surface area contributed by atoms with Crippen LogP contribution >= 0.6 is 0 Å². The number of carbonyl (C=O) groups excluding carboxylic acids is 1. The van der Waals surface area contributed by atoms with Crippen LogP contribution in [-0.4, -0.2) is 79.5 Å². The Hall–Kier alpha value is -1.63. The molecule has 1 N–H and O–H groups in total. The van der Waals surface area contributed by atoms with Gasteiger partial charge in [-0.3, -0.25) is 9.69 Å². The molecule has 3 aliphatic rings. The van der Waals surface area contributed by atoms with Crippen molar-refractivity contribution < 1.29 is 19.4 Å². The molecule has 0 spiro atoms. The molecule has 0 radical (unpaired) electrons. The van der Waals surface area contributed by atoms with Crippen LogP contribution in [0, 0.1) is 0 Å². The van der Waals surface area contributed by atoms with E-state index in [4.69, 9.17) is 9.47 Å². The smallest absolute Gasteiger partial charge is 0.233 e. The molecule has 2 atom stereocenters. The summed E-state index contributed by atoms with van der Waals surface area (Å²) in [5.74, 6) is 0.962. The van der Waals surface area contributed by atoms with Crippen LogP contribution in [0.15, 0.2) is 24.3 Å². The Kier molecular flexibility index (Phi) is 4.43. The van der Waals surface area contributed by atoms with E-state index in [1.165, 1.54) is 0 Å². The molecule has 0 aromatic heterocycles. The first kappa shape index (κ1) is 16.8. The third-order valence-electron chi connectivity index (χ3n) is 5.86. The fourth-order valence-electron chi connectivity index (χ4n) is 4.17. The first-order chi connectivity index (χ1) is 12.1. The summed E-state index contributed by atoms with van der Waals surface area (Å²) < 4.78 is 10.6. The summed E-state index contributed by atoms with van der Waals surface area (Å²) in [5.41, 5.74) is 0.661. The van der Waals surface area contributed by atoms with E-state index >= 15 is 0 Å². The van der Waals surface area contributed by atoms with Gasteiger partial charge in [0, 0.05) is 26.2 Å². The SMILES string of the molecule is COc1ccc(C2(C(=O)N3C[C@@H](O)[C@H](N4CCOCC4)C3)CC2)cc1. The second-order valence-electron chi connectivity index (χ2n) is 7.30. The van der Waals surface area contributed by atoms with Crippen molar-refractivity contribution in [3.63, 3.8) is 0 Å². The van der Waals surface area contributed by atoms with Gasteiger partial charge in [-0.15, -0.1) is 0 Å². The quantitative estimate of drug-likeness (QED) is 0.867. The molecule has 6 nitrogen and oxygen atoms in total. The number of morpholine rings is 1. The van der Waals surface area contributed by atoms with Gasteiger partial charge in [-0.25, -0.2) is 0 Å². The summed E-state index contributed by atoms with van der Waals surface area (Å²) in [7, 11) is 1.64. The number of aliphatic hydroxyl groups excluding tert-OH is 1. The number of nitrogens with zero attached hydrogens (tertiary/aromatic N) is 2. The van der Waals surface area contributed by atoms with Gasteiger partial charge < -0.3 is 19.5 Å². The fourth-order valence-corrected chi connectivity index (χ4v) is 4.17. The number of rotatable bonds is 4. The van der Waals surface area contributed by atoms with Crippen molar-refractivity contribution in [3.8, 4) is 5.75 Å². The number of hydrogen-bond donors (Lipinski definition) is 1. The van der Waals surface area contributed by atoms with Crippen molar-refractivity contribution in [2.24, 2.45) is 0 Å². The zero-order valence-electron chi connectivity index (χ0n) is 14.7. The zero-order chi connectivity index (χ0) is 17.4. The number of amides is 1. The predicted octanol–water partition coefficient (Wildman–Crippen LogP) is 0.631. The van der Waals surface area contributed by atoms with Crippen LogP contribution in [0.2, 0.25) is 0 Å². The van der Waals surface area contributed by atoms with Crippen LogP contribution < -0.4 is 4.74 Å². The van der Waals surface area contributed by atoms with Crippen LogP contribution in [0.4, 0.5) is 0 Å². The van der Waals surface area contributed by atoms with Gasteiger partial charge in [-0.2, -0.15) is 0 Å². The molecule has 2 aliphatic heterocycles. The lowest BCUT2D eigenvalue weighted by molar-refractivity contribution is -0.133. The molecule has 1 aliphatic carbocycles. The van der Waals surface area contributed by atoms with Crippen molar-refractivity contribution in [2.75, 3.05) is 46.5 Å². The molecule has 2 heterocycles. The average molecular weight is 346 g/mol. The summed E-state index contributed by atoms with van der Waals surface area (Å²) in [6.45, 7) is 4.09. The van der Waals surface area contributed by atoms with E-state index in [1.54, 1.807) is 7.11 Å². The van der Waals surface area contributed by atoms with E-state index in [0.717, 1.165) is 37.2 Å². The van der Waals surface area contributed by atoms with Crippen molar-refractivity contribution in [1.82, 2.24) is 9.80 Å². The highest BCUT2D eigenvalue weighted by Crippen LogP contribution is 2.50. The average Bonchev–Trinajstić information content (AvgIpc) is 3.38. The van der Waals surface area contributed by atoms with Gasteiger partial charge in [0.25, 0.3) is 0 Å². The molecule has 4 rings (SSSR count). The molecule has 136 valence electrons. The summed E-state index contributed by atoms with van der Waals surface area (Å²) in [4.78, 5) is 17.3. The van der Waals surface area contributed by atoms with Crippen LogP contribution in [0.25, 0.3) is 0 Å². The summed E-state index contributed by atoms with van der Waals surface area (Å²) in [6.07, 6.45) is 1.29. The lowest BCUT2D eigenvalue weighted by Gasteiger charge is -2.33. The Morgan fingerprint density at radius 2 is 1.88 bits per heavy atom. The molecule has 0 bridgehead atoms. The molecule has 1 aromatic rings. The van der Waals surface area contributed by atoms with Crippen LogP contribution in [0.1, 0.15) is 18.4 Å². The van der Waals surface area contributed by atoms with Crippen LogP contribution in [0.3, 0.4) is 0 Å². The Bertz CT molecular complexity index is 623. The number of methoxy groups -OCH3 is 1. The number of benzene rings is 1. The third-order valence-corrected chi connectivity index (χ3v) is 5.86. The van der Waals surface area contributed by atoms with Gasteiger partial charge >= 0.3 is 0 Å². The van der Waals surface area contributed by atoms with E-state index in [2.05, 4.69) is 4.90 Å². The van der Waals surface area contributed by atoms with Gasteiger partial charge in [0.1, 0.15) is 5.75 Å². The van der Waals surface area contributed by atoms with Gasteiger partial charge in [-0.1, -0.05) is 12.1 Å². The maximum atomic E-state index is 13.2. The maximum absolute atomic E-state index is 13.2. The van der Waals surface area contributed by atoms with E-state index in [1.807, 2.05) is 29.2 Å². The minimum Gasteiger partial charge on any atom is -0.497 e. The topological polar surface area (TPSA) is 62.2 Å². The molecule has 1 aromatic carbocycles. The van der Waals surface area contributed by atoms with E-state index in [9.17, 15) is 9.90 Å². The fraction of sp³-hybridized carbons (Fsp3) is 0.632. The largest absolute Gasteiger partial charge is 0.497 e. The summed E-state index contributed by atoms with van der Waals surface area (Å²) in [6, 6.07) is 7.85. The molecular formula is C19H26N2O4. The molecule has 6 heteroatoms. The van der Waals surface area contributed by atoms with Gasteiger partial charge in [0.05, 0.1) is 37.9 Å². The Balaban J connectivity index is 1.47. The predicted molar refractivity (Wildman–Crippen MR) is 92.7 cm³/mol. The Morgan fingerprint density at radius 3 is 2.48 bits per heavy atom. The minimum absolute atomic E-state index is 0.0273. The number of likely N-dealkylation sites (tertiary alicyclic amines) is 1. The standard InChI is InChI=1S/C19H26N2O4/c1-24-15-4-2-14(3-5-15)19(6-7-19)18(23)21-12-16(17(22)13-21)20-8-10-25-11-9-20/h2-5,16-17,22H,6-13H2,1H3/t16-,17-/m1/s1. The molecule has 0 unspecified atom stereocenters. The first-order valence-electron chi connectivity index (χ1n) is 9.08. The zero-order valence-corrected chi connectivity index (χ0v) is 14.7. The van der Waals surface area contributed by atoms with E-state index < -0.39 is 11.5 Å². The molecule has 25 heavy (non-hydrogen) atoms. The highest BCUT2D eigenvalue weighted by molar-refractivity contribution is 5.91. The lowest BCUT2D eigenvalue weighted by Crippen LogP contribution is -2.49. The molecule has 1 saturated carbocycles. The van der Waals surface area contributed by atoms with E-state index in [-0.39, 0.29) is 11.9 Å². The summed E-state index contributed by atoms with van der Waals surface area (Å²) >= 11 is 0. The van der Waals surface area contributed by atoms with E-state index in [0.29, 0.717) is 26.3 Å². The normalized spacial score (nSPS) is 28.8. The number of aliphatic hydroxyl groups is 1. The lowest BCUT2D eigenvalue weighted by atomic mass is 9.94. The number of ether oxygens (including phenoxy) is 2. The van der Waals surface area contributed by atoms with Gasteiger partial charge in [-0.05, 0) is 30.5 Å². The van der Waals surface area contributed by atoms with Crippen LogP contribution in [-0.2, 0) is 14.9 Å². The van der Waals surface area contributed by atoms with Crippen molar-refractivity contribution in [2.45, 2.75) is 30.4 Å². The second kappa shape index (κ2) is 6.59. The molecule has 2 saturated heterocycles. The van der Waals surface area contributed by atoms with Gasteiger partial charge in [0.2, 0.25) is 5.91 Å². The minimum atomic E-state index is -0.478. The second-order valence-corrected chi connectivity index (χ2v) is 7.30. The Morgan fingerprint density at radius 1 is 1.20 bits per heavy atom. The summed E-state index contributed by atoms with van der Waals surface area (Å²) in [5, 5.41) is 10.5. The first-order valence-corrected chi connectivity index (χ1v) is 9.08. The molecule has 3 fully saturated rings. The molecular weight excluding hydrogens is 320 g/mol. The number of hydrogen-bond acceptors (Lipinski definition) is 5. The number of carbonyl (C=O) groups is 1. The monoisotopic (exact) mass is 346 g/mol. The van der Waals surface area contributed by atoms with Crippen LogP contribution in [0.5, 0.6) is 5.75 Å². The molecule has 1 amide bonds.